The van der Waals surface area contributed by atoms with Crippen molar-refractivity contribution in [3.8, 4) is 0 Å². The van der Waals surface area contributed by atoms with Crippen LogP contribution >= 0.6 is 0 Å². The van der Waals surface area contributed by atoms with Gasteiger partial charge in [-0.1, -0.05) is 18.7 Å². The number of likely N-dealkylation sites (tertiary alicyclic amines) is 1. The predicted octanol–water partition coefficient (Wildman–Crippen LogP) is 6.28. The molecule has 2 aliphatic rings. The standard InChI is InChI=1S/C36H42F2N6O2/c1-25-7-5-9-32(39-25)28-17-23-44(24-18-28)35(46)29-10-12-30(13-11-29)40-26(2)41-34-31(8-6-20-42(34)4)27-15-21-43(22-16-27)33(45)14-19-36(3,37)38/h5-13,15,20,28,40H,2,14,16-19,21-24H2,1,3-4H3/b41-34-. The van der Waals surface area contributed by atoms with E-state index in [2.05, 4.69) is 22.9 Å². The maximum atomic E-state index is 13.2. The summed E-state index contributed by atoms with van der Waals surface area (Å²) in [6.45, 7) is 9.19. The van der Waals surface area contributed by atoms with Crippen LogP contribution in [0.1, 0.15) is 72.3 Å². The van der Waals surface area contributed by atoms with Crippen LogP contribution in [0.25, 0.3) is 5.57 Å². The van der Waals surface area contributed by atoms with Crippen molar-refractivity contribution >= 4 is 23.1 Å². The fraction of sp³-hybridized carbons (Fsp3) is 0.389. The summed E-state index contributed by atoms with van der Waals surface area (Å²) in [5.74, 6) is -2.28. The molecular formula is C36H42F2N6O2. The average molecular weight is 629 g/mol. The largest absolute Gasteiger partial charge is 0.341 e. The Morgan fingerprint density at radius 1 is 1.04 bits per heavy atom. The highest BCUT2D eigenvalue weighted by Crippen LogP contribution is 2.28. The molecule has 0 atom stereocenters. The number of carbonyl (C=O) groups excluding carboxylic acids is 2. The molecule has 1 fully saturated rings. The molecule has 8 nitrogen and oxygen atoms in total. The number of nitrogens with one attached hydrogen (secondary N) is 1. The molecule has 0 saturated carbocycles. The number of aryl methyl sites for hydroxylation is 2. The number of hydrogen-bond donors (Lipinski definition) is 1. The van der Waals surface area contributed by atoms with E-state index < -0.39 is 12.3 Å². The van der Waals surface area contributed by atoms with Gasteiger partial charge in [0.15, 0.2) is 0 Å². The second-order valence-electron chi connectivity index (χ2n) is 12.3. The summed E-state index contributed by atoms with van der Waals surface area (Å²) in [5.41, 5.74) is 6.18. The Morgan fingerprint density at radius 2 is 1.78 bits per heavy atom. The van der Waals surface area contributed by atoms with Crippen LogP contribution in [0.3, 0.4) is 0 Å². The molecule has 0 radical (unpaired) electrons. The maximum Gasteiger partial charge on any atom is 0.253 e. The molecular weight excluding hydrogens is 586 g/mol. The number of carbonyl (C=O) groups is 2. The van der Waals surface area contributed by atoms with Crippen LogP contribution in [0.15, 0.2) is 84.3 Å². The molecule has 242 valence electrons. The summed E-state index contributed by atoms with van der Waals surface area (Å²) in [4.78, 5) is 38.6. The van der Waals surface area contributed by atoms with Crippen LogP contribution < -0.4 is 10.8 Å². The number of amides is 2. The van der Waals surface area contributed by atoms with Crippen LogP contribution in [0, 0.1) is 6.92 Å². The normalized spacial score (nSPS) is 16.3. The van der Waals surface area contributed by atoms with Gasteiger partial charge in [-0.2, -0.15) is 0 Å². The first-order valence-corrected chi connectivity index (χ1v) is 15.8. The van der Waals surface area contributed by atoms with E-state index in [9.17, 15) is 18.4 Å². The van der Waals surface area contributed by atoms with Crippen molar-refractivity contribution in [2.24, 2.45) is 12.0 Å². The average Bonchev–Trinajstić information content (AvgIpc) is 3.04. The summed E-state index contributed by atoms with van der Waals surface area (Å²) in [7, 11) is 1.90. The number of rotatable bonds is 9. The molecule has 5 rings (SSSR count). The minimum absolute atomic E-state index is 0.0241. The van der Waals surface area contributed by atoms with Gasteiger partial charge in [-0.3, -0.25) is 14.6 Å². The van der Waals surface area contributed by atoms with E-state index in [0.717, 1.165) is 48.0 Å². The van der Waals surface area contributed by atoms with Crippen molar-refractivity contribution in [3.05, 3.63) is 107 Å². The Hall–Kier alpha value is -4.60. The SMILES string of the molecule is C=C(/N=c1/c(C2=CCN(C(=O)CCC(C)(F)F)CC2)cccn1C)Nc1ccc(C(=O)N2CCC(c3cccc(C)n3)CC2)cc1. The van der Waals surface area contributed by atoms with Gasteiger partial charge in [0.1, 0.15) is 11.3 Å². The molecule has 1 N–H and O–H groups in total. The van der Waals surface area contributed by atoms with Crippen LogP contribution in [0.5, 0.6) is 0 Å². The van der Waals surface area contributed by atoms with Crippen molar-refractivity contribution in [1.29, 1.82) is 0 Å². The zero-order valence-electron chi connectivity index (χ0n) is 26.8. The zero-order valence-corrected chi connectivity index (χ0v) is 26.8. The van der Waals surface area contributed by atoms with Gasteiger partial charge in [0.05, 0.1) is 0 Å². The lowest BCUT2D eigenvalue weighted by Gasteiger charge is -2.32. The molecule has 4 heterocycles. The van der Waals surface area contributed by atoms with Crippen LogP contribution in [-0.2, 0) is 11.8 Å². The van der Waals surface area contributed by atoms with Crippen molar-refractivity contribution in [2.75, 3.05) is 31.5 Å². The predicted molar refractivity (Wildman–Crippen MR) is 176 cm³/mol. The Balaban J connectivity index is 1.20. The lowest BCUT2D eigenvalue weighted by atomic mass is 9.92. The highest BCUT2D eigenvalue weighted by Gasteiger charge is 2.26. The van der Waals surface area contributed by atoms with Gasteiger partial charge in [0.25, 0.3) is 5.91 Å². The number of piperidine rings is 1. The van der Waals surface area contributed by atoms with E-state index in [1.807, 2.05) is 84.2 Å². The van der Waals surface area contributed by atoms with Crippen molar-refractivity contribution < 1.29 is 18.4 Å². The lowest BCUT2D eigenvalue weighted by Crippen LogP contribution is -2.38. The number of halogens is 2. The number of nitrogens with zero attached hydrogens (tertiary/aromatic N) is 5. The van der Waals surface area contributed by atoms with Gasteiger partial charge in [-0.15, -0.1) is 0 Å². The first-order valence-electron chi connectivity index (χ1n) is 15.8. The van der Waals surface area contributed by atoms with Gasteiger partial charge in [-0.25, -0.2) is 13.8 Å². The van der Waals surface area contributed by atoms with Crippen molar-refractivity contribution in [3.63, 3.8) is 0 Å². The molecule has 2 aromatic heterocycles. The third kappa shape index (κ3) is 8.35. The number of aromatic nitrogens is 2. The molecule has 2 aliphatic heterocycles. The van der Waals surface area contributed by atoms with E-state index >= 15 is 0 Å². The molecule has 3 aromatic rings. The van der Waals surface area contributed by atoms with Crippen LogP contribution in [0.2, 0.25) is 0 Å². The van der Waals surface area contributed by atoms with Crippen LogP contribution in [-0.4, -0.2) is 63.3 Å². The van der Waals surface area contributed by atoms with Crippen molar-refractivity contribution in [1.82, 2.24) is 19.4 Å². The lowest BCUT2D eigenvalue weighted by molar-refractivity contribution is -0.132. The molecule has 0 spiro atoms. The Morgan fingerprint density at radius 3 is 2.43 bits per heavy atom. The second kappa shape index (κ2) is 14.2. The van der Waals surface area contributed by atoms with E-state index in [0.29, 0.717) is 55.4 Å². The number of alkyl halides is 2. The smallest absolute Gasteiger partial charge is 0.253 e. The van der Waals surface area contributed by atoms with Gasteiger partial charge in [-0.05, 0) is 87.2 Å². The third-order valence-corrected chi connectivity index (χ3v) is 8.60. The summed E-state index contributed by atoms with van der Waals surface area (Å²) >= 11 is 0. The first-order chi connectivity index (χ1) is 22.0. The van der Waals surface area contributed by atoms with Gasteiger partial charge in [0.2, 0.25) is 11.8 Å². The molecule has 0 bridgehead atoms. The Bertz CT molecular complexity index is 1680. The fourth-order valence-corrected chi connectivity index (χ4v) is 5.99. The summed E-state index contributed by atoms with van der Waals surface area (Å²) in [6.07, 6.45) is 5.65. The number of pyridine rings is 2. The Kier molecular flexibility index (Phi) is 10.1. The van der Waals surface area contributed by atoms with E-state index in [1.165, 1.54) is 0 Å². The third-order valence-electron chi connectivity index (χ3n) is 8.60. The van der Waals surface area contributed by atoms with Crippen molar-refractivity contribution in [2.45, 2.75) is 57.8 Å². The topological polar surface area (TPSA) is 82.8 Å². The van der Waals surface area contributed by atoms with E-state index in [4.69, 9.17) is 4.99 Å². The molecule has 0 unspecified atom stereocenters. The van der Waals surface area contributed by atoms with Gasteiger partial charge in [0, 0.05) is 86.4 Å². The fourth-order valence-electron chi connectivity index (χ4n) is 5.99. The minimum atomic E-state index is -2.85. The monoisotopic (exact) mass is 628 g/mol. The minimum Gasteiger partial charge on any atom is -0.341 e. The molecule has 10 heteroatoms. The summed E-state index contributed by atoms with van der Waals surface area (Å²) in [5, 5.41) is 3.23. The molecule has 46 heavy (non-hydrogen) atoms. The first kappa shape index (κ1) is 32.8. The maximum absolute atomic E-state index is 13.2. The second-order valence-corrected chi connectivity index (χ2v) is 12.3. The highest BCUT2D eigenvalue weighted by atomic mass is 19.3. The van der Waals surface area contributed by atoms with Gasteiger partial charge >= 0.3 is 0 Å². The van der Waals surface area contributed by atoms with Crippen LogP contribution in [0.4, 0.5) is 14.5 Å². The van der Waals surface area contributed by atoms with E-state index in [-0.39, 0.29) is 18.2 Å². The van der Waals surface area contributed by atoms with Gasteiger partial charge < -0.3 is 19.7 Å². The zero-order chi connectivity index (χ0) is 32.8. The number of anilines is 1. The molecule has 2 amide bonds. The summed E-state index contributed by atoms with van der Waals surface area (Å²) in [6, 6.07) is 17.4. The quantitative estimate of drug-likeness (QED) is 0.302. The Labute approximate surface area is 269 Å². The molecule has 0 aliphatic carbocycles. The molecule has 1 aromatic carbocycles. The number of hydrogen-bond acceptors (Lipinski definition) is 5. The van der Waals surface area contributed by atoms with E-state index in [1.54, 1.807) is 4.90 Å². The summed E-state index contributed by atoms with van der Waals surface area (Å²) < 4.78 is 28.3. The highest BCUT2D eigenvalue weighted by molar-refractivity contribution is 5.94. The molecule has 1 saturated heterocycles. The number of benzene rings is 1.